The van der Waals surface area contributed by atoms with E-state index in [0.29, 0.717) is 16.9 Å². The summed E-state index contributed by atoms with van der Waals surface area (Å²) in [5, 5.41) is 7.77. The second-order valence-electron chi connectivity index (χ2n) is 5.49. The Kier molecular flexibility index (Phi) is 4.16. The average Bonchev–Trinajstić information content (AvgIpc) is 2.93. The van der Waals surface area contributed by atoms with Crippen molar-refractivity contribution in [3.8, 4) is 0 Å². The second-order valence-corrected chi connectivity index (χ2v) is 5.49. The fourth-order valence-corrected chi connectivity index (χ4v) is 2.32. The van der Waals surface area contributed by atoms with E-state index < -0.39 is 5.97 Å². The van der Waals surface area contributed by atoms with Gasteiger partial charge in [0, 0.05) is 5.69 Å². The highest BCUT2D eigenvalue weighted by molar-refractivity contribution is 5.94. The molecule has 0 fully saturated rings. The fourth-order valence-electron chi connectivity index (χ4n) is 2.32. The molecule has 0 aliphatic carbocycles. The SMILES string of the molecule is CCOC(=O)c1nc(Nc2ccc(C)c(C)c2)c2c(C)noc2n1. The van der Waals surface area contributed by atoms with E-state index in [2.05, 4.69) is 20.4 Å². The van der Waals surface area contributed by atoms with Gasteiger partial charge in [-0.3, -0.25) is 0 Å². The summed E-state index contributed by atoms with van der Waals surface area (Å²) in [6, 6.07) is 5.97. The molecule has 3 rings (SSSR count). The van der Waals surface area contributed by atoms with Gasteiger partial charge < -0.3 is 14.6 Å². The highest BCUT2D eigenvalue weighted by atomic mass is 16.5. The number of hydrogen-bond donors (Lipinski definition) is 1. The van der Waals surface area contributed by atoms with Crippen molar-refractivity contribution in [2.75, 3.05) is 11.9 Å². The molecule has 7 nitrogen and oxygen atoms in total. The summed E-state index contributed by atoms with van der Waals surface area (Å²) in [5.74, 6) is -0.200. The van der Waals surface area contributed by atoms with Gasteiger partial charge >= 0.3 is 5.97 Å². The number of fused-ring (bicyclic) bond motifs is 1. The van der Waals surface area contributed by atoms with Gasteiger partial charge in [0.2, 0.25) is 5.82 Å². The number of ether oxygens (including phenoxy) is 1. The monoisotopic (exact) mass is 326 g/mol. The summed E-state index contributed by atoms with van der Waals surface area (Å²) >= 11 is 0. The maximum atomic E-state index is 12.0. The lowest BCUT2D eigenvalue weighted by Crippen LogP contribution is -2.11. The molecule has 3 aromatic rings. The minimum Gasteiger partial charge on any atom is -0.460 e. The van der Waals surface area contributed by atoms with Crippen LogP contribution in [-0.4, -0.2) is 27.7 Å². The lowest BCUT2D eigenvalue weighted by atomic mass is 10.1. The molecule has 0 bridgehead atoms. The Morgan fingerprint density at radius 3 is 2.71 bits per heavy atom. The minimum absolute atomic E-state index is 0.0631. The first-order chi connectivity index (χ1) is 11.5. The molecule has 2 heterocycles. The van der Waals surface area contributed by atoms with Crippen LogP contribution in [0.3, 0.4) is 0 Å². The molecule has 1 aromatic carbocycles. The molecule has 0 atom stereocenters. The van der Waals surface area contributed by atoms with Gasteiger partial charge in [0.1, 0.15) is 11.2 Å². The molecule has 0 saturated carbocycles. The van der Waals surface area contributed by atoms with Crippen LogP contribution in [0.25, 0.3) is 11.1 Å². The molecular weight excluding hydrogens is 308 g/mol. The van der Waals surface area contributed by atoms with E-state index in [0.717, 1.165) is 11.3 Å². The molecule has 0 unspecified atom stereocenters. The topological polar surface area (TPSA) is 90.1 Å². The minimum atomic E-state index is -0.600. The maximum absolute atomic E-state index is 12.0. The van der Waals surface area contributed by atoms with Crippen molar-refractivity contribution in [1.82, 2.24) is 15.1 Å². The van der Waals surface area contributed by atoms with E-state index in [1.165, 1.54) is 5.56 Å². The molecule has 0 aliphatic rings. The smallest absolute Gasteiger partial charge is 0.376 e. The molecular formula is C17H18N4O3. The van der Waals surface area contributed by atoms with E-state index in [1.807, 2.05) is 32.0 Å². The Bertz CT molecular complexity index is 918. The first-order valence-electron chi connectivity index (χ1n) is 7.65. The summed E-state index contributed by atoms with van der Waals surface area (Å²) in [5.41, 5.74) is 4.09. The lowest BCUT2D eigenvalue weighted by molar-refractivity contribution is 0.0512. The van der Waals surface area contributed by atoms with Crippen molar-refractivity contribution >= 4 is 28.6 Å². The fraction of sp³-hybridized carbons (Fsp3) is 0.294. The van der Waals surface area contributed by atoms with E-state index in [1.54, 1.807) is 13.8 Å². The Morgan fingerprint density at radius 1 is 1.21 bits per heavy atom. The zero-order valence-corrected chi connectivity index (χ0v) is 14.0. The molecule has 1 N–H and O–H groups in total. The van der Waals surface area contributed by atoms with E-state index >= 15 is 0 Å². The van der Waals surface area contributed by atoms with Gasteiger partial charge in [-0.25, -0.2) is 9.78 Å². The molecule has 0 amide bonds. The zero-order chi connectivity index (χ0) is 17.3. The Morgan fingerprint density at radius 2 is 2.00 bits per heavy atom. The normalized spacial score (nSPS) is 10.8. The van der Waals surface area contributed by atoms with E-state index in [-0.39, 0.29) is 18.1 Å². The molecule has 0 aliphatic heterocycles. The van der Waals surface area contributed by atoms with Gasteiger partial charge in [0.05, 0.1) is 12.3 Å². The third-order valence-corrected chi connectivity index (χ3v) is 3.73. The van der Waals surface area contributed by atoms with Crippen LogP contribution in [0.1, 0.15) is 34.4 Å². The maximum Gasteiger partial charge on any atom is 0.376 e. The summed E-state index contributed by atoms with van der Waals surface area (Å²) in [6.07, 6.45) is 0. The van der Waals surface area contributed by atoms with Gasteiger partial charge in [-0.1, -0.05) is 11.2 Å². The van der Waals surface area contributed by atoms with Crippen molar-refractivity contribution in [2.45, 2.75) is 27.7 Å². The number of aromatic nitrogens is 3. The third-order valence-electron chi connectivity index (χ3n) is 3.73. The number of nitrogens with zero attached hydrogens (tertiary/aromatic N) is 3. The van der Waals surface area contributed by atoms with Crippen LogP contribution in [-0.2, 0) is 4.74 Å². The predicted molar refractivity (Wildman–Crippen MR) is 89.5 cm³/mol. The zero-order valence-electron chi connectivity index (χ0n) is 14.0. The Balaban J connectivity index is 2.08. The highest BCUT2D eigenvalue weighted by Crippen LogP contribution is 2.27. The molecule has 7 heteroatoms. The highest BCUT2D eigenvalue weighted by Gasteiger charge is 2.19. The number of nitrogens with one attached hydrogen (secondary N) is 1. The number of anilines is 2. The summed E-state index contributed by atoms with van der Waals surface area (Å²) in [6.45, 7) is 7.85. The molecule has 2 aromatic heterocycles. The summed E-state index contributed by atoms with van der Waals surface area (Å²) in [7, 11) is 0. The van der Waals surface area contributed by atoms with Crippen molar-refractivity contribution in [3.05, 3.63) is 40.8 Å². The van der Waals surface area contributed by atoms with Crippen LogP contribution in [0.2, 0.25) is 0 Å². The Labute approximate surface area is 139 Å². The average molecular weight is 326 g/mol. The van der Waals surface area contributed by atoms with E-state index in [9.17, 15) is 4.79 Å². The van der Waals surface area contributed by atoms with Crippen molar-refractivity contribution in [3.63, 3.8) is 0 Å². The van der Waals surface area contributed by atoms with Gasteiger partial charge in [-0.15, -0.1) is 0 Å². The van der Waals surface area contributed by atoms with Gasteiger partial charge in [-0.2, -0.15) is 4.98 Å². The van der Waals surface area contributed by atoms with Crippen LogP contribution < -0.4 is 5.32 Å². The van der Waals surface area contributed by atoms with Crippen LogP contribution in [0.5, 0.6) is 0 Å². The number of rotatable bonds is 4. The van der Waals surface area contributed by atoms with Crippen molar-refractivity contribution in [2.24, 2.45) is 0 Å². The number of aryl methyl sites for hydroxylation is 3. The van der Waals surface area contributed by atoms with Gasteiger partial charge in [0.15, 0.2) is 0 Å². The number of hydrogen-bond acceptors (Lipinski definition) is 7. The number of esters is 1. The van der Waals surface area contributed by atoms with Gasteiger partial charge in [0.25, 0.3) is 5.71 Å². The second kappa shape index (κ2) is 6.27. The number of carbonyl (C=O) groups is 1. The van der Waals surface area contributed by atoms with Crippen molar-refractivity contribution < 1.29 is 14.1 Å². The molecule has 124 valence electrons. The third kappa shape index (κ3) is 2.92. The van der Waals surface area contributed by atoms with E-state index in [4.69, 9.17) is 9.26 Å². The largest absolute Gasteiger partial charge is 0.460 e. The van der Waals surface area contributed by atoms with Gasteiger partial charge in [-0.05, 0) is 51.0 Å². The number of benzene rings is 1. The van der Waals surface area contributed by atoms with Crippen LogP contribution >= 0.6 is 0 Å². The van der Waals surface area contributed by atoms with Crippen molar-refractivity contribution in [1.29, 1.82) is 0 Å². The standard InChI is InChI=1S/C17H18N4O3/c1-5-23-17(22)15-19-14(13-11(4)21-24-16(13)20-15)18-12-7-6-9(2)10(3)8-12/h6-8H,5H2,1-4H3,(H,18,19,20). The summed E-state index contributed by atoms with van der Waals surface area (Å²) < 4.78 is 10.2. The molecule has 24 heavy (non-hydrogen) atoms. The predicted octanol–water partition coefficient (Wildman–Crippen LogP) is 3.46. The number of carbonyl (C=O) groups excluding carboxylic acids is 1. The first kappa shape index (κ1) is 15.9. The van der Waals surface area contributed by atoms with Crippen LogP contribution in [0, 0.1) is 20.8 Å². The first-order valence-corrected chi connectivity index (χ1v) is 7.65. The quantitative estimate of drug-likeness (QED) is 0.734. The summed E-state index contributed by atoms with van der Waals surface area (Å²) in [4.78, 5) is 20.4. The van der Waals surface area contributed by atoms with Crippen LogP contribution in [0.15, 0.2) is 22.7 Å². The van der Waals surface area contributed by atoms with Crippen LogP contribution in [0.4, 0.5) is 11.5 Å². The molecule has 0 spiro atoms. The lowest BCUT2D eigenvalue weighted by Gasteiger charge is -2.10. The molecule has 0 saturated heterocycles. The molecule has 0 radical (unpaired) electrons. The Hall–Kier alpha value is -2.96.